The summed E-state index contributed by atoms with van der Waals surface area (Å²) in [5.74, 6) is 1.23. The van der Waals surface area contributed by atoms with E-state index in [1.54, 1.807) is 25.3 Å². The Balaban J connectivity index is 2.10. The second-order valence-corrected chi connectivity index (χ2v) is 5.48. The Kier molecular flexibility index (Phi) is 5.04. The molecule has 0 aliphatic carbocycles. The van der Waals surface area contributed by atoms with E-state index < -0.39 is 0 Å². The van der Waals surface area contributed by atoms with E-state index in [0.717, 1.165) is 32.4 Å². The minimum absolute atomic E-state index is 0.127. The van der Waals surface area contributed by atoms with Crippen LogP contribution in [0.1, 0.15) is 31.7 Å². The number of urea groups is 1. The fraction of sp³-hybridized carbons (Fsp3) is 0.500. The van der Waals surface area contributed by atoms with E-state index in [9.17, 15) is 4.79 Å². The summed E-state index contributed by atoms with van der Waals surface area (Å²) in [4.78, 5) is 14.2. The first-order valence-electron chi connectivity index (χ1n) is 7.28. The smallest absolute Gasteiger partial charge is 0.321 e. The van der Waals surface area contributed by atoms with Gasteiger partial charge in [-0.3, -0.25) is 0 Å². The van der Waals surface area contributed by atoms with Gasteiger partial charge in [0.1, 0.15) is 5.75 Å². The number of hydrogen-bond donors (Lipinski definition) is 1. The van der Waals surface area contributed by atoms with Crippen molar-refractivity contribution in [2.75, 3.05) is 25.5 Å². The lowest BCUT2D eigenvalue weighted by Crippen LogP contribution is -2.35. The van der Waals surface area contributed by atoms with Crippen LogP contribution in [0.5, 0.6) is 5.75 Å². The van der Waals surface area contributed by atoms with Gasteiger partial charge >= 0.3 is 6.03 Å². The standard InChI is InChI=1S/C16H21N3O2/c1-12-4-3-8-19(9-7-12)16(20)18-14-10-13(11-17)5-6-15(14)21-2/h5-6,10,12H,3-4,7-9H2,1-2H3,(H,18,20). The SMILES string of the molecule is COc1ccc(C#N)cc1NC(=O)N1CCCC(C)CC1. The highest BCUT2D eigenvalue weighted by atomic mass is 16.5. The van der Waals surface area contributed by atoms with Crippen LogP contribution in [0.4, 0.5) is 10.5 Å². The zero-order chi connectivity index (χ0) is 15.2. The summed E-state index contributed by atoms with van der Waals surface area (Å²) >= 11 is 0. The third-order valence-electron chi connectivity index (χ3n) is 3.87. The van der Waals surface area contributed by atoms with E-state index in [-0.39, 0.29) is 6.03 Å². The first-order valence-corrected chi connectivity index (χ1v) is 7.28. The maximum Gasteiger partial charge on any atom is 0.321 e. The summed E-state index contributed by atoms with van der Waals surface area (Å²) in [5.41, 5.74) is 1.04. The predicted molar refractivity (Wildman–Crippen MR) is 81.3 cm³/mol. The predicted octanol–water partition coefficient (Wildman–Crippen LogP) is 3.22. The second kappa shape index (κ2) is 6.98. The molecule has 1 unspecified atom stereocenters. The van der Waals surface area contributed by atoms with Crippen LogP contribution in [-0.4, -0.2) is 31.1 Å². The van der Waals surface area contributed by atoms with Crippen molar-refractivity contribution < 1.29 is 9.53 Å². The van der Waals surface area contributed by atoms with E-state index in [1.165, 1.54) is 0 Å². The maximum absolute atomic E-state index is 12.4. The normalized spacial score (nSPS) is 18.5. The number of anilines is 1. The molecule has 0 bridgehead atoms. The molecule has 0 radical (unpaired) electrons. The molecule has 1 N–H and O–H groups in total. The van der Waals surface area contributed by atoms with E-state index >= 15 is 0 Å². The number of nitrogens with zero attached hydrogens (tertiary/aromatic N) is 2. The Hall–Kier alpha value is -2.22. The van der Waals surface area contributed by atoms with Crippen molar-refractivity contribution in [2.45, 2.75) is 26.2 Å². The molecule has 1 saturated heterocycles. The van der Waals surface area contributed by atoms with Crippen LogP contribution in [-0.2, 0) is 0 Å². The third kappa shape index (κ3) is 3.88. The minimum Gasteiger partial charge on any atom is -0.495 e. The fourth-order valence-electron chi connectivity index (χ4n) is 2.54. The average Bonchev–Trinajstić information content (AvgIpc) is 2.72. The second-order valence-electron chi connectivity index (χ2n) is 5.48. The number of benzene rings is 1. The Bertz CT molecular complexity index is 551. The van der Waals surface area contributed by atoms with Gasteiger partial charge in [-0.1, -0.05) is 6.92 Å². The van der Waals surface area contributed by atoms with Crippen LogP contribution in [0.2, 0.25) is 0 Å². The number of carbonyl (C=O) groups is 1. The van der Waals surface area contributed by atoms with Gasteiger partial charge in [-0.2, -0.15) is 5.26 Å². The van der Waals surface area contributed by atoms with Crippen molar-refractivity contribution in [3.8, 4) is 11.8 Å². The van der Waals surface area contributed by atoms with Crippen LogP contribution in [0.3, 0.4) is 0 Å². The van der Waals surface area contributed by atoms with E-state index in [4.69, 9.17) is 10.00 Å². The molecule has 5 heteroatoms. The van der Waals surface area contributed by atoms with Crippen LogP contribution in [0.15, 0.2) is 18.2 Å². The first kappa shape index (κ1) is 15.2. The van der Waals surface area contributed by atoms with Gasteiger partial charge < -0.3 is 15.0 Å². The number of amides is 2. The number of carbonyl (C=O) groups excluding carboxylic acids is 1. The zero-order valence-electron chi connectivity index (χ0n) is 12.6. The van der Waals surface area contributed by atoms with Crippen LogP contribution in [0.25, 0.3) is 0 Å². The topological polar surface area (TPSA) is 65.4 Å². The number of methoxy groups -OCH3 is 1. The molecule has 1 heterocycles. The molecule has 1 fully saturated rings. The van der Waals surface area contributed by atoms with Crippen LogP contribution in [0, 0.1) is 17.2 Å². The molecule has 112 valence electrons. The summed E-state index contributed by atoms with van der Waals surface area (Å²) in [6.45, 7) is 3.77. The lowest BCUT2D eigenvalue weighted by molar-refractivity contribution is 0.213. The molecule has 2 rings (SSSR count). The Labute approximate surface area is 125 Å². The number of rotatable bonds is 2. The number of likely N-dealkylation sites (tertiary alicyclic amines) is 1. The number of hydrogen-bond acceptors (Lipinski definition) is 3. The highest BCUT2D eigenvalue weighted by Crippen LogP contribution is 2.26. The third-order valence-corrected chi connectivity index (χ3v) is 3.87. The molecule has 1 atom stereocenters. The van der Waals surface area contributed by atoms with Crippen molar-refractivity contribution in [3.05, 3.63) is 23.8 Å². The van der Waals surface area contributed by atoms with Gasteiger partial charge in [-0.05, 0) is 43.4 Å². The summed E-state index contributed by atoms with van der Waals surface area (Å²) in [5, 5.41) is 11.8. The van der Waals surface area contributed by atoms with Gasteiger partial charge in [0.15, 0.2) is 0 Å². The van der Waals surface area contributed by atoms with Crippen molar-refractivity contribution in [1.29, 1.82) is 5.26 Å². The maximum atomic E-state index is 12.4. The first-order chi connectivity index (χ1) is 10.1. The molecule has 1 aromatic carbocycles. The lowest BCUT2D eigenvalue weighted by atomic mass is 10.0. The Morgan fingerprint density at radius 1 is 1.43 bits per heavy atom. The van der Waals surface area contributed by atoms with Gasteiger partial charge in [0.05, 0.1) is 24.4 Å². The monoisotopic (exact) mass is 287 g/mol. The van der Waals surface area contributed by atoms with E-state index in [1.807, 2.05) is 4.90 Å². The summed E-state index contributed by atoms with van der Waals surface area (Å²) < 4.78 is 5.23. The van der Waals surface area contributed by atoms with Crippen molar-refractivity contribution in [2.24, 2.45) is 5.92 Å². The number of ether oxygens (including phenoxy) is 1. The number of nitriles is 1. The summed E-state index contributed by atoms with van der Waals surface area (Å²) in [6.07, 6.45) is 3.23. The lowest BCUT2D eigenvalue weighted by Gasteiger charge is -2.21. The highest BCUT2D eigenvalue weighted by molar-refractivity contribution is 5.91. The molecular weight excluding hydrogens is 266 g/mol. The summed E-state index contributed by atoms with van der Waals surface area (Å²) in [7, 11) is 1.55. The molecule has 0 spiro atoms. The van der Waals surface area contributed by atoms with Gasteiger partial charge in [0.25, 0.3) is 0 Å². The molecule has 2 amide bonds. The molecule has 5 nitrogen and oxygen atoms in total. The van der Waals surface area contributed by atoms with Gasteiger partial charge in [-0.15, -0.1) is 0 Å². The largest absolute Gasteiger partial charge is 0.495 e. The van der Waals surface area contributed by atoms with Crippen molar-refractivity contribution >= 4 is 11.7 Å². The van der Waals surface area contributed by atoms with Crippen molar-refractivity contribution in [3.63, 3.8) is 0 Å². The van der Waals surface area contributed by atoms with Crippen molar-refractivity contribution in [1.82, 2.24) is 4.90 Å². The van der Waals surface area contributed by atoms with E-state index in [0.29, 0.717) is 22.9 Å². The summed E-state index contributed by atoms with van der Waals surface area (Å²) in [6, 6.07) is 6.94. The molecule has 21 heavy (non-hydrogen) atoms. The van der Waals surface area contributed by atoms with Crippen LogP contribution < -0.4 is 10.1 Å². The molecule has 0 saturated carbocycles. The molecule has 1 aliphatic heterocycles. The molecule has 1 aliphatic rings. The number of nitrogens with one attached hydrogen (secondary N) is 1. The minimum atomic E-state index is -0.127. The fourth-order valence-corrected chi connectivity index (χ4v) is 2.54. The zero-order valence-corrected chi connectivity index (χ0v) is 12.6. The van der Waals surface area contributed by atoms with Crippen LogP contribution >= 0.6 is 0 Å². The van der Waals surface area contributed by atoms with Gasteiger partial charge in [0.2, 0.25) is 0 Å². The Morgan fingerprint density at radius 2 is 2.24 bits per heavy atom. The molecule has 1 aromatic rings. The van der Waals surface area contributed by atoms with Gasteiger partial charge in [-0.25, -0.2) is 4.79 Å². The molecule has 0 aromatic heterocycles. The Morgan fingerprint density at radius 3 is 2.95 bits per heavy atom. The highest BCUT2D eigenvalue weighted by Gasteiger charge is 2.19. The van der Waals surface area contributed by atoms with Gasteiger partial charge in [0, 0.05) is 13.1 Å². The quantitative estimate of drug-likeness (QED) is 0.908. The molecular formula is C16H21N3O2. The van der Waals surface area contributed by atoms with E-state index in [2.05, 4.69) is 18.3 Å². The average molecular weight is 287 g/mol.